The van der Waals surface area contributed by atoms with Crippen LogP contribution in [0.2, 0.25) is 0 Å². The van der Waals surface area contributed by atoms with Gasteiger partial charge in [0.15, 0.2) is 0 Å². The Morgan fingerprint density at radius 2 is 2.31 bits per heavy atom. The van der Waals surface area contributed by atoms with E-state index in [1.165, 1.54) is 0 Å². The Labute approximate surface area is 81.3 Å². The molecule has 0 aromatic carbocycles. The highest BCUT2D eigenvalue weighted by atomic mass is 35.5. The Balaban J connectivity index is 2.42. The minimum atomic E-state index is -2.80. The molecule has 0 fully saturated rings. The molecule has 5 heteroatoms. The van der Waals surface area contributed by atoms with Crippen molar-refractivity contribution in [2.45, 2.75) is 12.3 Å². The van der Waals surface area contributed by atoms with Crippen LogP contribution in [0.3, 0.4) is 0 Å². The van der Waals surface area contributed by atoms with Crippen LogP contribution in [0.1, 0.15) is 6.42 Å². The van der Waals surface area contributed by atoms with Crippen LogP contribution < -0.4 is 5.73 Å². The minimum Gasteiger partial charge on any atom is -0.325 e. The standard InChI is InChI=1S/C8H13ClF2N2/c9-7-2-1-3-13(4-7)6-8(10,11)5-12/h2H,1,3-6,12H2. The summed E-state index contributed by atoms with van der Waals surface area (Å²) in [4.78, 5) is 1.62. The topological polar surface area (TPSA) is 29.3 Å². The van der Waals surface area contributed by atoms with E-state index in [0.717, 1.165) is 6.42 Å². The van der Waals surface area contributed by atoms with Crippen molar-refractivity contribution < 1.29 is 8.78 Å². The van der Waals surface area contributed by atoms with Crippen molar-refractivity contribution in [3.8, 4) is 0 Å². The maximum absolute atomic E-state index is 12.8. The molecular weight excluding hydrogens is 198 g/mol. The van der Waals surface area contributed by atoms with Crippen molar-refractivity contribution in [2.75, 3.05) is 26.2 Å². The van der Waals surface area contributed by atoms with Crippen LogP contribution in [0.4, 0.5) is 8.78 Å². The van der Waals surface area contributed by atoms with Gasteiger partial charge in [0.05, 0.1) is 13.1 Å². The highest BCUT2D eigenvalue weighted by Crippen LogP contribution is 2.18. The molecule has 0 radical (unpaired) electrons. The zero-order valence-corrected chi connectivity index (χ0v) is 8.03. The summed E-state index contributed by atoms with van der Waals surface area (Å²) in [5.74, 6) is -2.80. The summed E-state index contributed by atoms with van der Waals surface area (Å²) in [5, 5.41) is 0.638. The first-order valence-electron chi connectivity index (χ1n) is 4.18. The zero-order chi connectivity index (χ0) is 9.90. The fraction of sp³-hybridized carbons (Fsp3) is 0.750. The van der Waals surface area contributed by atoms with Crippen molar-refractivity contribution in [3.05, 3.63) is 11.1 Å². The summed E-state index contributed by atoms with van der Waals surface area (Å²) in [6.07, 6.45) is 2.60. The number of hydrogen-bond acceptors (Lipinski definition) is 2. The molecule has 76 valence electrons. The van der Waals surface area contributed by atoms with Crippen molar-refractivity contribution in [3.63, 3.8) is 0 Å². The van der Waals surface area contributed by atoms with Gasteiger partial charge in [-0.3, -0.25) is 4.90 Å². The monoisotopic (exact) mass is 210 g/mol. The van der Waals surface area contributed by atoms with Gasteiger partial charge in [-0.05, 0) is 6.42 Å². The molecule has 1 aliphatic rings. The van der Waals surface area contributed by atoms with E-state index >= 15 is 0 Å². The van der Waals surface area contributed by atoms with Gasteiger partial charge in [0, 0.05) is 18.1 Å². The van der Waals surface area contributed by atoms with E-state index in [-0.39, 0.29) is 6.54 Å². The van der Waals surface area contributed by atoms with Crippen molar-refractivity contribution >= 4 is 11.6 Å². The third-order valence-corrected chi connectivity index (χ3v) is 2.21. The first-order chi connectivity index (χ1) is 6.03. The Bertz CT molecular complexity index is 206. The first kappa shape index (κ1) is 10.9. The molecule has 1 rings (SSSR count). The van der Waals surface area contributed by atoms with Crippen molar-refractivity contribution in [1.29, 1.82) is 0 Å². The molecular formula is C8H13ClF2N2. The summed E-state index contributed by atoms with van der Waals surface area (Å²) >= 11 is 5.73. The van der Waals surface area contributed by atoms with Gasteiger partial charge in [0.2, 0.25) is 0 Å². The van der Waals surface area contributed by atoms with Gasteiger partial charge in [-0.25, -0.2) is 8.78 Å². The van der Waals surface area contributed by atoms with Crippen LogP contribution in [0.15, 0.2) is 11.1 Å². The van der Waals surface area contributed by atoms with Gasteiger partial charge in [-0.1, -0.05) is 17.7 Å². The van der Waals surface area contributed by atoms with Crippen molar-refractivity contribution in [2.24, 2.45) is 5.73 Å². The highest BCUT2D eigenvalue weighted by molar-refractivity contribution is 6.29. The molecule has 13 heavy (non-hydrogen) atoms. The molecule has 0 aromatic rings. The van der Waals surface area contributed by atoms with E-state index in [1.807, 2.05) is 6.08 Å². The fourth-order valence-corrected chi connectivity index (χ4v) is 1.57. The quantitative estimate of drug-likeness (QED) is 0.763. The summed E-state index contributed by atoms with van der Waals surface area (Å²) in [6.45, 7) is 0.140. The lowest BCUT2D eigenvalue weighted by molar-refractivity contribution is -0.0215. The van der Waals surface area contributed by atoms with Gasteiger partial charge in [0.1, 0.15) is 0 Å². The molecule has 0 saturated heterocycles. The molecule has 0 aromatic heterocycles. The van der Waals surface area contributed by atoms with Crippen LogP contribution in [0.25, 0.3) is 0 Å². The lowest BCUT2D eigenvalue weighted by Gasteiger charge is -2.28. The predicted molar refractivity (Wildman–Crippen MR) is 49.0 cm³/mol. The maximum atomic E-state index is 12.8. The lowest BCUT2D eigenvalue weighted by atomic mass is 10.2. The molecule has 0 bridgehead atoms. The molecule has 1 aliphatic heterocycles. The summed E-state index contributed by atoms with van der Waals surface area (Å²) in [5.41, 5.74) is 4.93. The second-order valence-corrected chi connectivity index (χ2v) is 3.70. The average Bonchev–Trinajstić information content (AvgIpc) is 2.03. The molecule has 0 atom stereocenters. The number of nitrogens with zero attached hydrogens (tertiary/aromatic N) is 1. The molecule has 0 aliphatic carbocycles. The summed E-state index contributed by atoms with van der Waals surface area (Å²) in [7, 11) is 0. The van der Waals surface area contributed by atoms with E-state index in [2.05, 4.69) is 0 Å². The average molecular weight is 211 g/mol. The highest BCUT2D eigenvalue weighted by Gasteiger charge is 2.30. The van der Waals surface area contributed by atoms with Gasteiger partial charge in [-0.2, -0.15) is 0 Å². The third kappa shape index (κ3) is 3.58. The Morgan fingerprint density at radius 1 is 1.62 bits per heavy atom. The predicted octanol–water partition coefficient (Wildman–Crippen LogP) is 1.41. The SMILES string of the molecule is NCC(F)(F)CN1CCC=C(Cl)C1. The lowest BCUT2D eigenvalue weighted by Crippen LogP contribution is -2.43. The second kappa shape index (κ2) is 4.35. The van der Waals surface area contributed by atoms with Crippen molar-refractivity contribution in [1.82, 2.24) is 4.90 Å². The molecule has 0 unspecified atom stereocenters. The molecule has 0 amide bonds. The number of alkyl halides is 2. The van der Waals surface area contributed by atoms with Gasteiger partial charge in [-0.15, -0.1) is 0 Å². The number of hydrogen-bond donors (Lipinski definition) is 1. The molecule has 2 N–H and O–H groups in total. The maximum Gasteiger partial charge on any atom is 0.272 e. The Kier molecular flexibility index (Phi) is 3.64. The summed E-state index contributed by atoms with van der Waals surface area (Å²) < 4.78 is 25.7. The van der Waals surface area contributed by atoms with Crippen LogP contribution in [0, 0.1) is 0 Å². The second-order valence-electron chi connectivity index (χ2n) is 3.21. The Hall–Kier alpha value is -0.190. The number of rotatable bonds is 3. The molecule has 2 nitrogen and oxygen atoms in total. The van der Waals surface area contributed by atoms with Crippen LogP contribution >= 0.6 is 11.6 Å². The Morgan fingerprint density at radius 3 is 2.85 bits per heavy atom. The minimum absolute atomic E-state index is 0.298. The smallest absolute Gasteiger partial charge is 0.272 e. The van der Waals surface area contributed by atoms with E-state index in [4.69, 9.17) is 17.3 Å². The van der Waals surface area contributed by atoms with Crippen LogP contribution in [-0.2, 0) is 0 Å². The van der Waals surface area contributed by atoms with E-state index in [1.54, 1.807) is 4.90 Å². The molecule has 0 spiro atoms. The van der Waals surface area contributed by atoms with E-state index < -0.39 is 12.5 Å². The van der Waals surface area contributed by atoms with Gasteiger partial charge < -0.3 is 5.73 Å². The molecule has 1 heterocycles. The van der Waals surface area contributed by atoms with E-state index in [9.17, 15) is 8.78 Å². The van der Waals surface area contributed by atoms with Crippen LogP contribution in [-0.4, -0.2) is 37.0 Å². The third-order valence-electron chi connectivity index (χ3n) is 1.94. The summed E-state index contributed by atoms with van der Waals surface area (Å²) in [6, 6.07) is 0. The zero-order valence-electron chi connectivity index (χ0n) is 7.27. The fourth-order valence-electron chi connectivity index (χ4n) is 1.29. The number of halogens is 3. The van der Waals surface area contributed by atoms with Gasteiger partial charge in [0.25, 0.3) is 5.92 Å². The number of nitrogens with two attached hydrogens (primary N) is 1. The largest absolute Gasteiger partial charge is 0.325 e. The normalized spacial score (nSPS) is 20.2. The first-order valence-corrected chi connectivity index (χ1v) is 4.56. The van der Waals surface area contributed by atoms with E-state index in [0.29, 0.717) is 18.1 Å². The van der Waals surface area contributed by atoms with Crippen LogP contribution in [0.5, 0.6) is 0 Å². The molecule has 0 saturated carbocycles. The van der Waals surface area contributed by atoms with Gasteiger partial charge >= 0.3 is 0 Å².